The van der Waals surface area contributed by atoms with Gasteiger partial charge in [-0.1, -0.05) is 12.1 Å². The number of hydrogen-bond donors (Lipinski definition) is 1. The van der Waals surface area contributed by atoms with Crippen molar-refractivity contribution in [2.24, 2.45) is 5.92 Å². The van der Waals surface area contributed by atoms with E-state index in [1.807, 2.05) is 6.07 Å². The first-order chi connectivity index (χ1) is 8.58. The van der Waals surface area contributed by atoms with E-state index in [2.05, 4.69) is 4.90 Å². The smallest absolute Gasteiger partial charge is 0.307 e. The Morgan fingerprint density at radius 3 is 3.06 bits per heavy atom. The van der Waals surface area contributed by atoms with Gasteiger partial charge in [0.05, 0.1) is 5.92 Å². The maximum atomic E-state index is 13.4. The standard InChI is InChI=1S/C14H18FNO2/c1-10-11(4-2-6-13(10)15)8-16-7-3-5-12(9-16)14(17)18/h2,4,6,12H,3,5,7-9H2,1H3,(H,17,18). The third-order valence-corrected chi connectivity index (χ3v) is 3.63. The highest BCUT2D eigenvalue weighted by Crippen LogP contribution is 2.20. The molecule has 1 heterocycles. The van der Waals surface area contributed by atoms with Crippen LogP contribution in [0, 0.1) is 18.7 Å². The highest BCUT2D eigenvalue weighted by molar-refractivity contribution is 5.70. The predicted molar refractivity (Wildman–Crippen MR) is 66.8 cm³/mol. The summed E-state index contributed by atoms with van der Waals surface area (Å²) in [4.78, 5) is 13.1. The largest absolute Gasteiger partial charge is 0.481 e. The van der Waals surface area contributed by atoms with E-state index < -0.39 is 5.97 Å². The Labute approximate surface area is 106 Å². The molecule has 98 valence electrons. The van der Waals surface area contributed by atoms with Crippen LogP contribution in [-0.4, -0.2) is 29.1 Å². The van der Waals surface area contributed by atoms with Crippen molar-refractivity contribution in [1.29, 1.82) is 0 Å². The second-order valence-electron chi connectivity index (χ2n) is 4.94. The zero-order valence-corrected chi connectivity index (χ0v) is 10.5. The molecule has 1 aromatic carbocycles. The first-order valence-corrected chi connectivity index (χ1v) is 6.27. The predicted octanol–water partition coefficient (Wildman–Crippen LogP) is 2.43. The van der Waals surface area contributed by atoms with Gasteiger partial charge in [0.15, 0.2) is 0 Å². The molecule has 0 radical (unpaired) electrons. The summed E-state index contributed by atoms with van der Waals surface area (Å²) in [5, 5.41) is 9.03. The molecule has 3 nitrogen and oxygen atoms in total. The topological polar surface area (TPSA) is 40.5 Å². The lowest BCUT2D eigenvalue weighted by Gasteiger charge is -2.31. The van der Waals surface area contributed by atoms with Gasteiger partial charge in [-0.3, -0.25) is 9.69 Å². The molecular formula is C14H18FNO2. The average molecular weight is 251 g/mol. The van der Waals surface area contributed by atoms with Crippen LogP contribution in [-0.2, 0) is 11.3 Å². The lowest BCUT2D eigenvalue weighted by atomic mass is 9.97. The summed E-state index contributed by atoms with van der Waals surface area (Å²) in [6.45, 7) is 3.85. The van der Waals surface area contributed by atoms with Crippen molar-refractivity contribution < 1.29 is 14.3 Å². The molecule has 4 heteroatoms. The molecule has 1 saturated heterocycles. The molecule has 1 fully saturated rings. The van der Waals surface area contributed by atoms with Gasteiger partial charge >= 0.3 is 5.97 Å². The summed E-state index contributed by atoms with van der Waals surface area (Å²) in [6, 6.07) is 5.06. The van der Waals surface area contributed by atoms with Crippen LogP contribution in [0.3, 0.4) is 0 Å². The molecule has 1 aliphatic rings. The second kappa shape index (κ2) is 5.48. The van der Waals surface area contributed by atoms with Crippen LogP contribution < -0.4 is 0 Å². The number of piperidine rings is 1. The van der Waals surface area contributed by atoms with E-state index in [1.165, 1.54) is 6.07 Å². The second-order valence-corrected chi connectivity index (χ2v) is 4.94. The Hall–Kier alpha value is -1.42. The Kier molecular flexibility index (Phi) is 3.97. The number of hydrogen-bond acceptors (Lipinski definition) is 2. The van der Waals surface area contributed by atoms with E-state index in [4.69, 9.17) is 5.11 Å². The molecular weight excluding hydrogens is 233 g/mol. The van der Waals surface area contributed by atoms with Crippen molar-refractivity contribution in [3.05, 3.63) is 35.1 Å². The molecule has 0 bridgehead atoms. The molecule has 1 N–H and O–H groups in total. The fraction of sp³-hybridized carbons (Fsp3) is 0.500. The summed E-state index contributed by atoms with van der Waals surface area (Å²) in [5.74, 6) is -1.21. The molecule has 0 spiro atoms. The van der Waals surface area contributed by atoms with Crippen LogP contribution in [0.15, 0.2) is 18.2 Å². The first kappa shape index (κ1) is 13.0. The number of likely N-dealkylation sites (tertiary alicyclic amines) is 1. The van der Waals surface area contributed by atoms with Gasteiger partial charge in [0, 0.05) is 13.1 Å². The normalized spacial score (nSPS) is 20.9. The van der Waals surface area contributed by atoms with E-state index in [0.29, 0.717) is 18.7 Å². The van der Waals surface area contributed by atoms with Crippen LogP contribution >= 0.6 is 0 Å². The monoisotopic (exact) mass is 251 g/mol. The lowest BCUT2D eigenvalue weighted by molar-refractivity contribution is -0.143. The van der Waals surface area contributed by atoms with Crippen molar-refractivity contribution in [3.63, 3.8) is 0 Å². The number of carbonyl (C=O) groups is 1. The van der Waals surface area contributed by atoms with E-state index >= 15 is 0 Å². The zero-order chi connectivity index (χ0) is 13.1. The minimum absolute atomic E-state index is 0.195. The van der Waals surface area contributed by atoms with Gasteiger partial charge < -0.3 is 5.11 Å². The maximum absolute atomic E-state index is 13.4. The molecule has 1 unspecified atom stereocenters. The number of halogens is 1. The lowest BCUT2D eigenvalue weighted by Crippen LogP contribution is -2.38. The third-order valence-electron chi connectivity index (χ3n) is 3.63. The Bertz CT molecular complexity index is 447. The highest BCUT2D eigenvalue weighted by Gasteiger charge is 2.25. The number of aliphatic carboxylic acids is 1. The molecule has 0 aliphatic carbocycles. The molecule has 1 atom stereocenters. The summed E-state index contributed by atoms with van der Waals surface area (Å²) < 4.78 is 13.4. The molecule has 0 aromatic heterocycles. The van der Waals surface area contributed by atoms with Gasteiger partial charge in [-0.15, -0.1) is 0 Å². The van der Waals surface area contributed by atoms with E-state index in [9.17, 15) is 9.18 Å². The van der Waals surface area contributed by atoms with E-state index in [1.54, 1.807) is 13.0 Å². The Balaban J connectivity index is 2.05. The summed E-state index contributed by atoms with van der Waals surface area (Å²) in [7, 11) is 0. The van der Waals surface area contributed by atoms with Gasteiger partial charge in [-0.25, -0.2) is 4.39 Å². The van der Waals surface area contributed by atoms with Gasteiger partial charge in [0.25, 0.3) is 0 Å². The van der Waals surface area contributed by atoms with E-state index in [0.717, 1.165) is 24.9 Å². The van der Waals surface area contributed by atoms with E-state index in [-0.39, 0.29) is 11.7 Å². The number of benzene rings is 1. The van der Waals surface area contributed by atoms with Crippen molar-refractivity contribution in [1.82, 2.24) is 4.90 Å². The summed E-state index contributed by atoms with van der Waals surface area (Å²) in [5.41, 5.74) is 1.61. The Morgan fingerprint density at radius 1 is 1.56 bits per heavy atom. The number of rotatable bonds is 3. The van der Waals surface area contributed by atoms with Crippen LogP contribution in [0.25, 0.3) is 0 Å². The molecule has 0 amide bonds. The number of nitrogens with zero attached hydrogens (tertiary/aromatic N) is 1. The van der Waals surface area contributed by atoms with Crippen molar-refractivity contribution >= 4 is 5.97 Å². The minimum atomic E-state index is -0.726. The number of carboxylic acid groups (broad SMARTS) is 1. The first-order valence-electron chi connectivity index (χ1n) is 6.27. The van der Waals surface area contributed by atoms with Gasteiger partial charge in [0.1, 0.15) is 5.82 Å². The van der Waals surface area contributed by atoms with Crippen LogP contribution in [0.5, 0.6) is 0 Å². The molecule has 1 aliphatic heterocycles. The SMILES string of the molecule is Cc1c(F)cccc1CN1CCCC(C(=O)O)C1. The number of carboxylic acids is 1. The van der Waals surface area contributed by atoms with Gasteiger partial charge in [0.2, 0.25) is 0 Å². The van der Waals surface area contributed by atoms with Crippen LogP contribution in [0.2, 0.25) is 0 Å². The molecule has 18 heavy (non-hydrogen) atoms. The van der Waals surface area contributed by atoms with Gasteiger partial charge in [-0.2, -0.15) is 0 Å². The summed E-state index contributed by atoms with van der Waals surface area (Å²) in [6.07, 6.45) is 1.64. The molecule has 2 rings (SSSR count). The maximum Gasteiger partial charge on any atom is 0.307 e. The molecule has 0 saturated carbocycles. The molecule has 1 aromatic rings. The fourth-order valence-electron chi connectivity index (χ4n) is 2.47. The summed E-state index contributed by atoms with van der Waals surface area (Å²) >= 11 is 0. The zero-order valence-electron chi connectivity index (χ0n) is 10.5. The van der Waals surface area contributed by atoms with Crippen molar-refractivity contribution in [2.45, 2.75) is 26.3 Å². The average Bonchev–Trinajstić information content (AvgIpc) is 2.35. The van der Waals surface area contributed by atoms with Crippen molar-refractivity contribution in [3.8, 4) is 0 Å². The Morgan fingerprint density at radius 2 is 2.33 bits per heavy atom. The fourth-order valence-corrected chi connectivity index (χ4v) is 2.47. The van der Waals surface area contributed by atoms with Gasteiger partial charge in [-0.05, 0) is 43.5 Å². The minimum Gasteiger partial charge on any atom is -0.481 e. The van der Waals surface area contributed by atoms with Crippen molar-refractivity contribution in [2.75, 3.05) is 13.1 Å². The highest BCUT2D eigenvalue weighted by atomic mass is 19.1. The quantitative estimate of drug-likeness (QED) is 0.897. The third kappa shape index (κ3) is 2.88. The van der Waals surface area contributed by atoms with Crippen LogP contribution in [0.1, 0.15) is 24.0 Å². The van der Waals surface area contributed by atoms with Crippen LogP contribution in [0.4, 0.5) is 4.39 Å².